The number of rotatable bonds is 4. The van der Waals surface area contributed by atoms with Gasteiger partial charge in [0.2, 0.25) is 0 Å². The van der Waals surface area contributed by atoms with Crippen LogP contribution in [0.1, 0.15) is 19.4 Å². The number of carbonyl (C=O) groups excluding carboxylic acids is 1. The molecule has 0 heterocycles. The molecule has 0 saturated heterocycles. The molecule has 20 heavy (non-hydrogen) atoms. The van der Waals surface area contributed by atoms with Gasteiger partial charge in [0.1, 0.15) is 17.4 Å². The summed E-state index contributed by atoms with van der Waals surface area (Å²) in [5, 5.41) is 22.4. The first-order chi connectivity index (χ1) is 9.36. The minimum atomic E-state index is -1.04. The van der Waals surface area contributed by atoms with E-state index < -0.39 is 29.8 Å². The van der Waals surface area contributed by atoms with Gasteiger partial charge in [0.25, 0.3) is 0 Å². The van der Waals surface area contributed by atoms with Gasteiger partial charge in [-0.15, -0.1) is 0 Å². The molecule has 0 aromatic heterocycles. The molecule has 0 aliphatic rings. The summed E-state index contributed by atoms with van der Waals surface area (Å²) in [6.45, 7) is 2.99. The second kappa shape index (κ2) is 6.52. The Bertz CT molecular complexity index is 568. The molecule has 1 aromatic rings. The summed E-state index contributed by atoms with van der Waals surface area (Å²) in [6.07, 6.45) is 0. The predicted molar refractivity (Wildman–Crippen MR) is 69.5 cm³/mol. The molecular formula is C13H14FN3O3. The zero-order valence-corrected chi connectivity index (χ0v) is 11.0. The SMILES string of the molecule is CC(NC(=O)Nc1cccc(F)c1C#N)C(C)C(=O)O. The number of nitrogens with zero attached hydrogens (tertiary/aromatic N) is 1. The average molecular weight is 279 g/mol. The molecule has 2 atom stereocenters. The number of amides is 2. The Morgan fingerprint density at radius 1 is 1.40 bits per heavy atom. The van der Waals surface area contributed by atoms with Crippen LogP contribution in [0.25, 0.3) is 0 Å². The summed E-state index contributed by atoms with van der Waals surface area (Å²) in [4.78, 5) is 22.4. The van der Waals surface area contributed by atoms with Crippen LogP contribution in [0.4, 0.5) is 14.9 Å². The first-order valence-corrected chi connectivity index (χ1v) is 5.85. The Morgan fingerprint density at radius 3 is 2.60 bits per heavy atom. The Morgan fingerprint density at radius 2 is 2.05 bits per heavy atom. The maximum absolute atomic E-state index is 13.3. The highest BCUT2D eigenvalue weighted by Gasteiger charge is 2.21. The number of carboxylic acid groups (broad SMARTS) is 1. The van der Waals surface area contributed by atoms with Crippen molar-refractivity contribution in [3.05, 3.63) is 29.6 Å². The highest BCUT2D eigenvalue weighted by atomic mass is 19.1. The number of halogens is 1. The molecular weight excluding hydrogens is 265 g/mol. The van der Waals surface area contributed by atoms with Crippen molar-refractivity contribution >= 4 is 17.7 Å². The second-order valence-electron chi connectivity index (χ2n) is 4.29. The van der Waals surface area contributed by atoms with E-state index in [0.29, 0.717) is 0 Å². The molecule has 0 aliphatic heterocycles. The van der Waals surface area contributed by atoms with E-state index in [4.69, 9.17) is 10.4 Å². The summed E-state index contributed by atoms with van der Waals surface area (Å²) in [5.74, 6) is -2.55. The van der Waals surface area contributed by atoms with Crippen LogP contribution in [0.2, 0.25) is 0 Å². The van der Waals surface area contributed by atoms with Gasteiger partial charge in [0, 0.05) is 6.04 Å². The van der Waals surface area contributed by atoms with Crippen LogP contribution < -0.4 is 10.6 Å². The fraction of sp³-hybridized carbons (Fsp3) is 0.308. The third kappa shape index (κ3) is 3.68. The van der Waals surface area contributed by atoms with Gasteiger partial charge in [0.15, 0.2) is 0 Å². The monoisotopic (exact) mass is 279 g/mol. The maximum Gasteiger partial charge on any atom is 0.319 e. The molecule has 0 radical (unpaired) electrons. The van der Waals surface area contributed by atoms with Gasteiger partial charge >= 0.3 is 12.0 Å². The normalized spacial score (nSPS) is 12.9. The topological polar surface area (TPSA) is 102 Å². The van der Waals surface area contributed by atoms with E-state index in [-0.39, 0.29) is 11.3 Å². The quantitative estimate of drug-likeness (QED) is 0.783. The smallest absolute Gasteiger partial charge is 0.319 e. The summed E-state index contributed by atoms with van der Waals surface area (Å²) in [6, 6.07) is 4.18. The molecule has 0 spiro atoms. The molecule has 3 N–H and O–H groups in total. The van der Waals surface area contributed by atoms with Gasteiger partial charge < -0.3 is 15.7 Å². The van der Waals surface area contributed by atoms with Crippen molar-refractivity contribution in [1.82, 2.24) is 5.32 Å². The minimum Gasteiger partial charge on any atom is -0.481 e. The highest BCUT2D eigenvalue weighted by Crippen LogP contribution is 2.17. The van der Waals surface area contributed by atoms with Crippen molar-refractivity contribution in [1.29, 1.82) is 5.26 Å². The molecule has 1 rings (SSSR count). The van der Waals surface area contributed by atoms with Gasteiger partial charge in [-0.3, -0.25) is 4.79 Å². The Kier molecular flexibility index (Phi) is 5.03. The third-order valence-corrected chi connectivity index (χ3v) is 2.87. The number of aliphatic carboxylic acids is 1. The lowest BCUT2D eigenvalue weighted by Crippen LogP contribution is -2.42. The lowest BCUT2D eigenvalue weighted by molar-refractivity contribution is -0.141. The lowest BCUT2D eigenvalue weighted by atomic mass is 10.0. The molecule has 2 amide bonds. The van der Waals surface area contributed by atoms with Gasteiger partial charge in [-0.2, -0.15) is 5.26 Å². The number of urea groups is 1. The van der Waals surface area contributed by atoms with Crippen LogP contribution >= 0.6 is 0 Å². The van der Waals surface area contributed by atoms with Crippen LogP contribution in [0.15, 0.2) is 18.2 Å². The highest BCUT2D eigenvalue weighted by molar-refractivity contribution is 5.91. The third-order valence-electron chi connectivity index (χ3n) is 2.87. The number of hydrogen-bond acceptors (Lipinski definition) is 3. The molecule has 2 unspecified atom stereocenters. The molecule has 0 bridgehead atoms. The van der Waals surface area contributed by atoms with Crippen LogP contribution in [0.3, 0.4) is 0 Å². The summed E-state index contributed by atoms with van der Waals surface area (Å²) in [7, 11) is 0. The molecule has 6 nitrogen and oxygen atoms in total. The fourth-order valence-corrected chi connectivity index (χ4v) is 1.45. The fourth-order valence-electron chi connectivity index (χ4n) is 1.45. The van der Waals surface area contributed by atoms with Crippen molar-refractivity contribution in [3.63, 3.8) is 0 Å². The van der Waals surface area contributed by atoms with Crippen LogP contribution in [0.5, 0.6) is 0 Å². The number of anilines is 1. The Hall–Kier alpha value is -2.62. The molecule has 7 heteroatoms. The van der Waals surface area contributed by atoms with E-state index in [1.165, 1.54) is 26.0 Å². The first kappa shape index (κ1) is 15.4. The summed E-state index contributed by atoms with van der Waals surface area (Å²) >= 11 is 0. The Labute approximate surface area is 115 Å². The van der Waals surface area contributed by atoms with Gasteiger partial charge in [-0.05, 0) is 26.0 Å². The van der Waals surface area contributed by atoms with E-state index in [2.05, 4.69) is 10.6 Å². The van der Waals surface area contributed by atoms with E-state index in [9.17, 15) is 14.0 Å². The molecule has 106 valence electrons. The minimum absolute atomic E-state index is 0.0279. The zero-order valence-electron chi connectivity index (χ0n) is 11.0. The number of hydrogen-bond donors (Lipinski definition) is 3. The number of nitrogens with one attached hydrogen (secondary N) is 2. The van der Waals surface area contributed by atoms with E-state index in [1.807, 2.05) is 0 Å². The van der Waals surface area contributed by atoms with E-state index in [1.54, 1.807) is 6.07 Å². The maximum atomic E-state index is 13.3. The van der Waals surface area contributed by atoms with E-state index >= 15 is 0 Å². The van der Waals surface area contributed by atoms with Crippen molar-refractivity contribution in [2.45, 2.75) is 19.9 Å². The van der Waals surface area contributed by atoms with Crippen LogP contribution in [-0.4, -0.2) is 23.1 Å². The zero-order chi connectivity index (χ0) is 15.3. The van der Waals surface area contributed by atoms with Crippen molar-refractivity contribution in [2.75, 3.05) is 5.32 Å². The number of benzene rings is 1. The summed E-state index contributed by atoms with van der Waals surface area (Å²) in [5.41, 5.74) is -0.248. The van der Waals surface area contributed by atoms with Crippen LogP contribution in [0, 0.1) is 23.1 Å². The van der Waals surface area contributed by atoms with Gasteiger partial charge in [-0.25, -0.2) is 9.18 Å². The van der Waals surface area contributed by atoms with E-state index in [0.717, 1.165) is 6.07 Å². The largest absolute Gasteiger partial charge is 0.481 e. The second-order valence-corrected chi connectivity index (χ2v) is 4.29. The van der Waals surface area contributed by atoms with Gasteiger partial charge in [0.05, 0.1) is 11.6 Å². The molecule has 0 aliphatic carbocycles. The van der Waals surface area contributed by atoms with Crippen LogP contribution in [-0.2, 0) is 4.79 Å². The van der Waals surface area contributed by atoms with Crippen molar-refractivity contribution < 1.29 is 19.1 Å². The van der Waals surface area contributed by atoms with Gasteiger partial charge in [-0.1, -0.05) is 6.07 Å². The molecule has 0 saturated carbocycles. The molecule has 1 aromatic carbocycles. The van der Waals surface area contributed by atoms with Crippen molar-refractivity contribution in [3.8, 4) is 6.07 Å². The standard InChI is InChI=1S/C13H14FN3O3/c1-7(12(18)19)8(2)16-13(20)17-11-5-3-4-10(14)9(11)6-15/h3-5,7-8H,1-2H3,(H,18,19)(H2,16,17,20). The lowest BCUT2D eigenvalue weighted by Gasteiger charge is -2.18. The summed E-state index contributed by atoms with van der Waals surface area (Å²) < 4.78 is 13.3. The Balaban J connectivity index is 2.76. The van der Waals surface area contributed by atoms with Crippen molar-refractivity contribution in [2.24, 2.45) is 5.92 Å². The first-order valence-electron chi connectivity index (χ1n) is 5.85. The molecule has 0 fully saturated rings. The number of nitriles is 1. The average Bonchev–Trinajstić information content (AvgIpc) is 2.37. The number of carboxylic acids is 1. The number of carbonyl (C=O) groups is 2. The predicted octanol–water partition coefficient (Wildman–Crippen LogP) is 1.93.